The van der Waals surface area contributed by atoms with Gasteiger partial charge in [0.1, 0.15) is 5.60 Å². The highest BCUT2D eigenvalue weighted by Crippen LogP contribution is 2.63. The van der Waals surface area contributed by atoms with Crippen molar-refractivity contribution in [2.75, 3.05) is 0 Å². The summed E-state index contributed by atoms with van der Waals surface area (Å²) in [4.78, 5) is 11.4. The Morgan fingerprint density at radius 3 is 2.23 bits per heavy atom. The van der Waals surface area contributed by atoms with Crippen LogP contribution in [0.2, 0.25) is 0 Å². The Labute approximate surface area is 78.3 Å². The average molecular weight is 178 g/mol. The van der Waals surface area contributed by atoms with Crippen molar-refractivity contribution >= 4 is 5.97 Å². The van der Waals surface area contributed by atoms with Gasteiger partial charge in [-0.05, 0) is 33.3 Å². The number of carbonyl (C=O) groups excluding carboxylic acids is 1. The molecule has 0 aromatic heterocycles. The summed E-state index contributed by atoms with van der Waals surface area (Å²) in [6, 6.07) is 0. The largest absolute Gasteiger partial charge is 0.450 e. The predicted octanol–water partition coefficient (Wildman–Crippen LogP) is 2.21. The molecule has 0 bridgehead atoms. The highest BCUT2D eigenvalue weighted by Gasteiger charge is 2.66. The molecule has 2 rings (SSSR count). The van der Waals surface area contributed by atoms with E-state index < -0.39 is 5.60 Å². The van der Waals surface area contributed by atoms with Gasteiger partial charge in [-0.2, -0.15) is 0 Å². The zero-order valence-electron chi connectivity index (χ0n) is 8.52. The first kappa shape index (κ1) is 8.54. The topological polar surface area (TPSA) is 26.3 Å². The van der Waals surface area contributed by atoms with E-state index in [2.05, 4.69) is 6.58 Å². The standard InChI is InChI=1S/C11H14O2/c1-6-7(2)11(5)10(6,4)8(3)9(12)13-11/h3H2,1-2,4-5H3/t10-,11-/m1/s1. The van der Waals surface area contributed by atoms with Gasteiger partial charge in [-0.1, -0.05) is 12.2 Å². The number of hydrogen-bond acceptors (Lipinski definition) is 2. The Morgan fingerprint density at radius 1 is 1.23 bits per heavy atom. The summed E-state index contributed by atoms with van der Waals surface area (Å²) in [5, 5.41) is 0. The average Bonchev–Trinajstić information content (AvgIpc) is 2.26. The van der Waals surface area contributed by atoms with Gasteiger partial charge < -0.3 is 4.74 Å². The van der Waals surface area contributed by atoms with Crippen LogP contribution in [0, 0.1) is 5.41 Å². The van der Waals surface area contributed by atoms with Crippen LogP contribution in [0.25, 0.3) is 0 Å². The van der Waals surface area contributed by atoms with Gasteiger partial charge in [-0.25, -0.2) is 4.79 Å². The van der Waals surface area contributed by atoms with Gasteiger partial charge in [0.15, 0.2) is 0 Å². The van der Waals surface area contributed by atoms with E-state index in [1.807, 2.05) is 27.7 Å². The third kappa shape index (κ3) is 0.578. The van der Waals surface area contributed by atoms with Gasteiger partial charge in [0.05, 0.1) is 5.41 Å². The zero-order valence-corrected chi connectivity index (χ0v) is 8.52. The highest BCUT2D eigenvalue weighted by atomic mass is 16.6. The summed E-state index contributed by atoms with van der Waals surface area (Å²) < 4.78 is 5.35. The molecule has 2 atom stereocenters. The molecule has 1 heterocycles. The lowest BCUT2D eigenvalue weighted by Gasteiger charge is -2.50. The molecule has 1 fully saturated rings. The van der Waals surface area contributed by atoms with E-state index in [1.165, 1.54) is 11.1 Å². The number of hydrogen-bond donors (Lipinski definition) is 0. The van der Waals surface area contributed by atoms with E-state index in [0.29, 0.717) is 5.57 Å². The molecule has 0 radical (unpaired) electrons. The molecule has 70 valence electrons. The summed E-state index contributed by atoms with van der Waals surface area (Å²) in [7, 11) is 0. The molecule has 1 saturated heterocycles. The van der Waals surface area contributed by atoms with Crippen LogP contribution in [-0.4, -0.2) is 11.6 Å². The maximum atomic E-state index is 11.4. The van der Waals surface area contributed by atoms with Gasteiger partial charge in [-0.3, -0.25) is 0 Å². The van der Waals surface area contributed by atoms with Gasteiger partial charge in [0, 0.05) is 5.57 Å². The van der Waals surface area contributed by atoms with Crippen molar-refractivity contribution < 1.29 is 9.53 Å². The lowest BCUT2D eigenvalue weighted by atomic mass is 9.54. The fraction of sp³-hybridized carbons (Fsp3) is 0.545. The van der Waals surface area contributed by atoms with E-state index in [9.17, 15) is 4.79 Å². The van der Waals surface area contributed by atoms with Crippen molar-refractivity contribution in [2.24, 2.45) is 5.41 Å². The summed E-state index contributed by atoms with van der Waals surface area (Å²) in [6.07, 6.45) is 0. The molecule has 0 N–H and O–H groups in total. The van der Waals surface area contributed by atoms with Crippen molar-refractivity contribution in [3.8, 4) is 0 Å². The molecule has 2 heteroatoms. The summed E-state index contributed by atoms with van der Waals surface area (Å²) in [6.45, 7) is 11.9. The van der Waals surface area contributed by atoms with Crippen molar-refractivity contribution in [3.63, 3.8) is 0 Å². The zero-order chi connectivity index (χ0) is 10.0. The first-order chi connectivity index (χ1) is 5.85. The third-order valence-electron chi connectivity index (χ3n) is 4.13. The summed E-state index contributed by atoms with van der Waals surface area (Å²) >= 11 is 0. The van der Waals surface area contributed by atoms with Crippen LogP contribution >= 0.6 is 0 Å². The first-order valence-electron chi connectivity index (χ1n) is 4.47. The fourth-order valence-corrected chi connectivity index (χ4v) is 2.55. The molecule has 0 saturated carbocycles. The van der Waals surface area contributed by atoms with Crippen molar-refractivity contribution in [2.45, 2.75) is 33.3 Å². The molecular weight excluding hydrogens is 164 g/mol. The van der Waals surface area contributed by atoms with E-state index in [1.54, 1.807) is 0 Å². The number of carbonyl (C=O) groups is 1. The summed E-state index contributed by atoms with van der Waals surface area (Å²) in [5.41, 5.74) is 2.31. The Balaban J connectivity index is 2.63. The van der Waals surface area contributed by atoms with E-state index in [-0.39, 0.29) is 11.4 Å². The predicted molar refractivity (Wildman–Crippen MR) is 50.1 cm³/mol. The minimum Gasteiger partial charge on any atom is -0.450 e. The lowest BCUT2D eigenvalue weighted by molar-refractivity contribution is -0.146. The molecule has 1 aliphatic carbocycles. The maximum Gasteiger partial charge on any atom is 0.335 e. The Bertz CT molecular complexity index is 364. The molecule has 0 amide bonds. The van der Waals surface area contributed by atoms with Crippen molar-refractivity contribution in [1.82, 2.24) is 0 Å². The SMILES string of the molecule is C=C1C(=O)O[C@]2(C)C(C)=C(C)[C@]12C. The van der Waals surface area contributed by atoms with Crippen LogP contribution in [0.15, 0.2) is 23.3 Å². The number of ether oxygens (including phenoxy) is 1. The molecule has 0 unspecified atom stereocenters. The minimum atomic E-state index is -0.425. The maximum absolute atomic E-state index is 11.4. The smallest absolute Gasteiger partial charge is 0.335 e. The van der Waals surface area contributed by atoms with Crippen LogP contribution < -0.4 is 0 Å². The molecule has 0 aromatic rings. The van der Waals surface area contributed by atoms with Gasteiger partial charge in [0.25, 0.3) is 0 Å². The van der Waals surface area contributed by atoms with Crippen LogP contribution in [-0.2, 0) is 9.53 Å². The van der Waals surface area contributed by atoms with Gasteiger partial charge >= 0.3 is 5.97 Å². The first-order valence-corrected chi connectivity index (χ1v) is 4.47. The molecule has 0 aromatic carbocycles. The molecule has 1 aliphatic heterocycles. The quantitative estimate of drug-likeness (QED) is 0.323. The second-order valence-electron chi connectivity index (χ2n) is 4.28. The molecule has 2 nitrogen and oxygen atoms in total. The summed E-state index contributed by atoms with van der Waals surface area (Å²) in [5.74, 6) is -0.249. The fourth-order valence-electron chi connectivity index (χ4n) is 2.55. The second kappa shape index (κ2) is 1.89. The van der Waals surface area contributed by atoms with Crippen LogP contribution in [0.5, 0.6) is 0 Å². The number of esters is 1. The third-order valence-corrected chi connectivity index (χ3v) is 4.13. The lowest BCUT2D eigenvalue weighted by Crippen LogP contribution is -2.52. The Morgan fingerprint density at radius 2 is 1.77 bits per heavy atom. The van der Waals surface area contributed by atoms with Gasteiger partial charge in [0.2, 0.25) is 0 Å². The molecule has 13 heavy (non-hydrogen) atoms. The van der Waals surface area contributed by atoms with Crippen molar-refractivity contribution in [3.05, 3.63) is 23.3 Å². The Hall–Kier alpha value is -1.05. The normalized spacial score (nSPS) is 43.1. The van der Waals surface area contributed by atoms with E-state index in [0.717, 1.165) is 0 Å². The van der Waals surface area contributed by atoms with Crippen LogP contribution in [0.3, 0.4) is 0 Å². The highest BCUT2D eigenvalue weighted by molar-refractivity contribution is 5.96. The van der Waals surface area contributed by atoms with Crippen molar-refractivity contribution in [1.29, 1.82) is 0 Å². The van der Waals surface area contributed by atoms with Gasteiger partial charge in [-0.15, -0.1) is 0 Å². The minimum absolute atomic E-state index is 0.249. The Kier molecular flexibility index (Phi) is 1.24. The molecule has 2 aliphatic rings. The second-order valence-corrected chi connectivity index (χ2v) is 4.28. The van der Waals surface area contributed by atoms with E-state index in [4.69, 9.17) is 4.74 Å². The molecule has 0 spiro atoms. The number of rotatable bonds is 0. The van der Waals surface area contributed by atoms with Crippen LogP contribution in [0.1, 0.15) is 27.7 Å². The number of fused-ring (bicyclic) bond motifs is 1. The van der Waals surface area contributed by atoms with Crippen LogP contribution in [0.4, 0.5) is 0 Å². The monoisotopic (exact) mass is 178 g/mol. The molecular formula is C11H14O2. The van der Waals surface area contributed by atoms with E-state index >= 15 is 0 Å².